The molecule has 1 heterocycles. The number of nitrogens with zero attached hydrogens (tertiary/aromatic N) is 1. The van der Waals surface area contributed by atoms with Gasteiger partial charge in [-0.05, 0) is 12.0 Å². The molecule has 1 aromatic rings. The van der Waals surface area contributed by atoms with Gasteiger partial charge in [0.15, 0.2) is 5.78 Å². The van der Waals surface area contributed by atoms with E-state index in [2.05, 4.69) is 36.1 Å². The van der Waals surface area contributed by atoms with E-state index in [4.69, 9.17) is 0 Å². The first kappa shape index (κ1) is 12.3. The maximum atomic E-state index is 11.8. The van der Waals surface area contributed by atoms with E-state index in [0.29, 0.717) is 18.2 Å². The molecule has 0 spiro atoms. The van der Waals surface area contributed by atoms with Gasteiger partial charge in [0, 0.05) is 19.0 Å². The maximum Gasteiger partial charge on any atom is 0.151 e. The molecule has 0 N–H and O–H groups in total. The summed E-state index contributed by atoms with van der Waals surface area (Å²) < 4.78 is 0. The fourth-order valence-electron chi connectivity index (χ4n) is 2.49. The quantitative estimate of drug-likeness (QED) is 0.776. The topological polar surface area (TPSA) is 20.3 Å². The first-order chi connectivity index (χ1) is 8.29. The van der Waals surface area contributed by atoms with Crippen LogP contribution in [-0.2, 0) is 11.3 Å². The minimum absolute atomic E-state index is 0.290. The fraction of sp³-hybridized carbons (Fsp3) is 0.533. The molecule has 1 unspecified atom stereocenters. The van der Waals surface area contributed by atoms with Crippen LogP contribution in [0.4, 0.5) is 0 Å². The van der Waals surface area contributed by atoms with E-state index in [0.717, 1.165) is 19.5 Å². The Kier molecular flexibility index (Phi) is 4.32. The summed E-state index contributed by atoms with van der Waals surface area (Å²) in [5, 5.41) is 0. The summed E-state index contributed by atoms with van der Waals surface area (Å²) >= 11 is 0. The van der Waals surface area contributed by atoms with Crippen LogP contribution in [-0.4, -0.2) is 23.8 Å². The largest absolute Gasteiger partial charge is 0.298 e. The standard InChI is InChI=1S/C15H21NO/c1-2-3-9-14-11-16(12-15(14)17)10-13-7-5-4-6-8-13/h4-8,14H,2-3,9-12H2,1H3. The number of hydrogen-bond acceptors (Lipinski definition) is 2. The number of carbonyl (C=O) groups is 1. The predicted molar refractivity (Wildman–Crippen MR) is 69.7 cm³/mol. The van der Waals surface area contributed by atoms with Gasteiger partial charge in [-0.15, -0.1) is 0 Å². The Morgan fingerprint density at radius 2 is 2.06 bits per heavy atom. The van der Waals surface area contributed by atoms with Crippen LogP contribution in [0.1, 0.15) is 31.7 Å². The summed E-state index contributed by atoms with van der Waals surface area (Å²) in [6, 6.07) is 10.4. The van der Waals surface area contributed by atoms with Crippen LogP contribution < -0.4 is 0 Å². The van der Waals surface area contributed by atoms with Gasteiger partial charge in [-0.25, -0.2) is 0 Å². The summed E-state index contributed by atoms with van der Waals surface area (Å²) in [5.74, 6) is 0.730. The highest BCUT2D eigenvalue weighted by molar-refractivity contribution is 5.85. The SMILES string of the molecule is CCCCC1CN(Cc2ccccc2)CC1=O. The van der Waals surface area contributed by atoms with Crippen molar-refractivity contribution in [3.05, 3.63) is 35.9 Å². The third kappa shape index (κ3) is 3.40. The van der Waals surface area contributed by atoms with Crippen LogP contribution in [0.25, 0.3) is 0 Å². The van der Waals surface area contributed by atoms with Crippen LogP contribution >= 0.6 is 0 Å². The molecule has 0 bridgehead atoms. The molecule has 0 saturated carbocycles. The van der Waals surface area contributed by atoms with Crippen molar-refractivity contribution in [3.8, 4) is 0 Å². The fourth-order valence-corrected chi connectivity index (χ4v) is 2.49. The number of Topliss-reactive ketones (excluding diaryl/α,β-unsaturated/α-hetero) is 1. The molecule has 2 heteroatoms. The van der Waals surface area contributed by atoms with Crippen molar-refractivity contribution >= 4 is 5.78 Å². The van der Waals surface area contributed by atoms with E-state index < -0.39 is 0 Å². The van der Waals surface area contributed by atoms with Gasteiger partial charge in [0.05, 0.1) is 6.54 Å². The van der Waals surface area contributed by atoms with Crippen molar-refractivity contribution in [3.63, 3.8) is 0 Å². The summed E-state index contributed by atoms with van der Waals surface area (Å²) in [4.78, 5) is 14.1. The van der Waals surface area contributed by atoms with Crippen LogP contribution in [0.3, 0.4) is 0 Å². The van der Waals surface area contributed by atoms with Crippen LogP contribution in [0, 0.1) is 5.92 Å². The Balaban J connectivity index is 1.86. The Morgan fingerprint density at radius 3 is 2.76 bits per heavy atom. The van der Waals surface area contributed by atoms with Gasteiger partial charge in [-0.2, -0.15) is 0 Å². The lowest BCUT2D eigenvalue weighted by atomic mass is 10.0. The zero-order valence-electron chi connectivity index (χ0n) is 10.6. The predicted octanol–water partition coefficient (Wildman–Crippen LogP) is 2.88. The molecule has 1 aliphatic heterocycles. The highest BCUT2D eigenvalue weighted by Gasteiger charge is 2.29. The number of likely N-dealkylation sites (tertiary alicyclic amines) is 1. The lowest BCUT2D eigenvalue weighted by Crippen LogP contribution is -2.20. The number of benzene rings is 1. The van der Waals surface area contributed by atoms with Crippen molar-refractivity contribution in [2.24, 2.45) is 5.92 Å². The average Bonchev–Trinajstić information content (AvgIpc) is 2.68. The smallest absolute Gasteiger partial charge is 0.151 e. The Morgan fingerprint density at radius 1 is 1.29 bits per heavy atom. The van der Waals surface area contributed by atoms with Crippen LogP contribution in [0.15, 0.2) is 30.3 Å². The Labute approximate surface area is 104 Å². The van der Waals surface area contributed by atoms with Gasteiger partial charge in [0.2, 0.25) is 0 Å². The molecule has 92 valence electrons. The van der Waals surface area contributed by atoms with Gasteiger partial charge in [-0.1, -0.05) is 50.1 Å². The van der Waals surface area contributed by atoms with Gasteiger partial charge in [0.1, 0.15) is 0 Å². The molecule has 0 aromatic heterocycles. The molecule has 2 nitrogen and oxygen atoms in total. The van der Waals surface area contributed by atoms with E-state index in [1.54, 1.807) is 0 Å². The number of unbranched alkanes of at least 4 members (excludes halogenated alkanes) is 1. The maximum absolute atomic E-state index is 11.8. The number of rotatable bonds is 5. The average molecular weight is 231 g/mol. The van der Waals surface area contributed by atoms with Crippen molar-refractivity contribution in [2.75, 3.05) is 13.1 Å². The van der Waals surface area contributed by atoms with Crippen molar-refractivity contribution in [2.45, 2.75) is 32.7 Å². The molecule has 1 aromatic carbocycles. The van der Waals surface area contributed by atoms with Crippen LogP contribution in [0.5, 0.6) is 0 Å². The molecule has 1 fully saturated rings. The molecular formula is C15H21NO. The minimum Gasteiger partial charge on any atom is -0.298 e. The molecule has 0 amide bonds. The molecule has 1 atom stereocenters. The van der Waals surface area contributed by atoms with E-state index in [-0.39, 0.29) is 0 Å². The molecule has 1 saturated heterocycles. The van der Waals surface area contributed by atoms with Crippen LogP contribution in [0.2, 0.25) is 0 Å². The second-order valence-electron chi connectivity index (χ2n) is 4.96. The summed E-state index contributed by atoms with van der Waals surface area (Å²) in [5.41, 5.74) is 1.30. The number of carbonyl (C=O) groups excluding carboxylic acids is 1. The molecule has 17 heavy (non-hydrogen) atoms. The Bertz CT molecular complexity index is 360. The van der Waals surface area contributed by atoms with Gasteiger partial charge < -0.3 is 0 Å². The first-order valence-corrected chi connectivity index (χ1v) is 6.58. The van der Waals surface area contributed by atoms with Crippen molar-refractivity contribution < 1.29 is 4.79 Å². The zero-order chi connectivity index (χ0) is 12.1. The molecular weight excluding hydrogens is 210 g/mol. The second-order valence-corrected chi connectivity index (χ2v) is 4.96. The molecule has 2 rings (SSSR count). The highest BCUT2D eigenvalue weighted by atomic mass is 16.1. The van der Waals surface area contributed by atoms with Gasteiger partial charge >= 0.3 is 0 Å². The minimum atomic E-state index is 0.290. The number of ketones is 1. The monoisotopic (exact) mass is 231 g/mol. The lowest BCUT2D eigenvalue weighted by Gasteiger charge is -2.14. The molecule has 0 aliphatic carbocycles. The summed E-state index contributed by atoms with van der Waals surface area (Å²) in [6.45, 7) is 4.69. The molecule has 0 radical (unpaired) electrons. The van der Waals surface area contributed by atoms with E-state index in [1.165, 1.54) is 18.4 Å². The normalized spacial score (nSPS) is 21.0. The van der Waals surface area contributed by atoms with Gasteiger partial charge in [0.25, 0.3) is 0 Å². The van der Waals surface area contributed by atoms with Crippen molar-refractivity contribution in [1.82, 2.24) is 4.90 Å². The third-order valence-electron chi connectivity index (χ3n) is 3.47. The van der Waals surface area contributed by atoms with Gasteiger partial charge in [-0.3, -0.25) is 9.69 Å². The molecule has 1 aliphatic rings. The number of hydrogen-bond donors (Lipinski definition) is 0. The van der Waals surface area contributed by atoms with E-state index in [9.17, 15) is 4.79 Å². The summed E-state index contributed by atoms with van der Waals surface area (Å²) in [6.07, 6.45) is 3.43. The second kappa shape index (κ2) is 5.97. The third-order valence-corrected chi connectivity index (χ3v) is 3.47. The van der Waals surface area contributed by atoms with Crippen molar-refractivity contribution in [1.29, 1.82) is 0 Å². The zero-order valence-corrected chi connectivity index (χ0v) is 10.6. The lowest BCUT2D eigenvalue weighted by molar-refractivity contribution is -0.120. The highest BCUT2D eigenvalue weighted by Crippen LogP contribution is 2.20. The Hall–Kier alpha value is -1.15. The van der Waals surface area contributed by atoms with E-state index >= 15 is 0 Å². The summed E-state index contributed by atoms with van der Waals surface area (Å²) in [7, 11) is 0. The van der Waals surface area contributed by atoms with E-state index in [1.807, 2.05) is 6.07 Å². The first-order valence-electron chi connectivity index (χ1n) is 6.58.